The number of ether oxygens (including phenoxy) is 1. The van der Waals surface area contributed by atoms with Gasteiger partial charge in [-0.25, -0.2) is 9.97 Å². The monoisotopic (exact) mass is 619 g/mol. The Morgan fingerprint density at radius 1 is 1.14 bits per heavy atom. The third-order valence-corrected chi connectivity index (χ3v) is 8.47. The fourth-order valence-electron chi connectivity index (χ4n) is 6.64. The molecule has 4 atom stereocenters. The normalized spacial score (nSPS) is 22.2. The minimum atomic E-state index is -4.69. The minimum Gasteiger partial charge on any atom is -0.530 e. The molecule has 4 rings (SSSR count). The first-order valence-electron chi connectivity index (χ1n) is 15.1. The number of piperazine rings is 1. The van der Waals surface area contributed by atoms with E-state index in [9.17, 15) is 27.9 Å². The van der Waals surface area contributed by atoms with E-state index in [-0.39, 0.29) is 31.2 Å². The molecule has 44 heavy (non-hydrogen) atoms. The number of halogens is 3. The van der Waals surface area contributed by atoms with Gasteiger partial charge in [-0.3, -0.25) is 4.79 Å². The van der Waals surface area contributed by atoms with Crippen LogP contribution in [0, 0.1) is 11.3 Å². The van der Waals surface area contributed by atoms with Crippen molar-refractivity contribution in [2.45, 2.75) is 71.8 Å². The van der Waals surface area contributed by atoms with Gasteiger partial charge in [-0.15, -0.1) is 0 Å². The molecule has 0 radical (unpaired) electrons. The van der Waals surface area contributed by atoms with Gasteiger partial charge in [-0.2, -0.15) is 13.2 Å². The van der Waals surface area contributed by atoms with Gasteiger partial charge in [0, 0.05) is 37.9 Å². The standard InChI is InChI=1S/C31H43F3N6O4/c1-7-22-25(26(30(3,4)5)31(32,33)34)40(29(42)43)17-16-39(22)23-12-11-21(20-10-9-14-35-28(20)44-8-2)37-24(23)27(41)36-19-13-15-38(6)18-19/h9-12,14,19,22,25-26H,7-8,13,15-18H2,1-6H3,(H,36,41)(H,42,43)/p-1/t19-,22-,25+,26?/m1/s1. The number of alkyl halides is 3. The van der Waals surface area contributed by atoms with Crippen LogP contribution < -0.4 is 20.1 Å². The van der Waals surface area contributed by atoms with E-state index < -0.39 is 41.6 Å². The zero-order valence-corrected chi connectivity index (χ0v) is 26.1. The van der Waals surface area contributed by atoms with Crippen molar-refractivity contribution in [2.75, 3.05) is 44.7 Å². The van der Waals surface area contributed by atoms with Gasteiger partial charge in [0.2, 0.25) is 5.88 Å². The first kappa shape index (κ1) is 33.3. The molecule has 0 aromatic carbocycles. The molecule has 2 aromatic heterocycles. The largest absolute Gasteiger partial charge is 0.530 e. The second kappa shape index (κ2) is 13.2. The van der Waals surface area contributed by atoms with Crippen molar-refractivity contribution in [1.29, 1.82) is 0 Å². The fourth-order valence-corrected chi connectivity index (χ4v) is 6.64. The molecular formula is C31H42F3N6O4-. The molecule has 4 heterocycles. The zero-order valence-electron chi connectivity index (χ0n) is 26.1. The minimum absolute atomic E-state index is 0.0433. The van der Waals surface area contributed by atoms with Gasteiger partial charge in [-0.05, 0) is 63.0 Å². The molecule has 2 aliphatic heterocycles. The second-order valence-corrected chi connectivity index (χ2v) is 12.6. The molecule has 2 amide bonds. The van der Waals surface area contributed by atoms with Crippen LogP contribution in [-0.4, -0.2) is 95.9 Å². The molecule has 2 fully saturated rings. The number of hydrogen-bond donors (Lipinski definition) is 1. The van der Waals surface area contributed by atoms with Crippen LogP contribution in [0.1, 0.15) is 57.9 Å². The van der Waals surface area contributed by atoms with Crippen LogP contribution in [0.15, 0.2) is 30.5 Å². The van der Waals surface area contributed by atoms with E-state index in [1.807, 2.05) is 14.0 Å². The summed E-state index contributed by atoms with van der Waals surface area (Å²) in [6.45, 7) is 9.59. The number of anilines is 1. The molecule has 0 bridgehead atoms. The molecule has 242 valence electrons. The first-order chi connectivity index (χ1) is 20.7. The molecular weight excluding hydrogens is 577 g/mol. The van der Waals surface area contributed by atoms with Gasteiger partial charge in [0.05, 0.1) is 35.5 Å². The number of carbonyl (C=O) groups is 2. The van der Waals surface area contributed by atoms with Crippen LogP contribution in [0.2, 0.25) is 0 Å². The van der Waals surface area contributed by atoms with E-state index in [0.29, 0.717) is 36.0 Å². The molecule has 0 spiro atoms. The van der Waals surface area contributed by atoms with Gasteiger partial charge in [-0.1, -0.05) is 27.7 Å². The highest BCUT2D eigenvalue weighted by atomic mass is 19.4. The number of nitrogens with zero attached hydrogens (tertiary/aromatic N) is 5. The molecule has 10 nitrogen and oxygen atoms in total. The molecule has 2 aromatic rings. The molecule has 1 unspecified atom stereocenters. The summed E-state index contributed by atoms with van der Waals surface area (Å²) in [5.74, 6) is -2.12. The molecule has 0 saturated carbocycles. The van der Waals surface area contributed by atoms with Crippen molar-refractivity contribution in [3.8, 4) is 17.1 Å². The van der Waals surface area contributed by atoms with Gasteiger partial charge < -0.3 is 34.7 Å². The van der Waals surface area contributed by atoms with Crippen molar-refractivity contribution in [1.82, 2.24) is 25.1 Å². The highest BCUT2D eigenvalue weighted by Crippen LogP contribution is 2.47. The van der Waals surface area contributed by atoms with Crippen LogP contribution >= 0.6 is 0 Å². The summed E-state index contributed by atoms with van der Waals surface area (Å²) in [6, 6.07) is 4.35. The predicted octanol–water partition coefficient (Wildman–Crippen LogP) is 3.81. The number of aromatic nitrogens is 2. The maximum absolute atomic E-state index is 14.7. The van der Waals surface area contributed by atoms with Gasteiger partial charge in [0.25, 0.3) is 5.91 Å². The quantitative estimate of drug-likeness (QED) is 0.475. The van der Waals surface area contributed by atoms with E-state index in [4.69, 9.17) is 9.72 Å². The number of likely N-dealkylation sites (N-methyl/N-ethyl adjacent to an activating group) is 1. The maximum Gasteiger partial charge on any atom is 0.394 e. The van der Waals surface area contributed by atoms with E-state index in [2.05, 4.69) is 15.2 Å². The third kappa shape index (κ3) is 7.03. The van der Waals surface area contributed by atoms with E-state index in [1.165, 1.54) is 20.8 Å². The molecule has 2 aliphatic rings. The van der Waals surface area contributed by atoms with Crippen LogP contribution in [0.25, 0.3) is 11.3 Å². The van der Waals surface area contributed by atoms with Crippen molar-refractivity contribution >= 4 is 17.7 Å². The van der Waals surface area contributed by atoms with Crippen LogP contribution in [0.5, 0.6) is 5.88 Å². The van der Waals surface area contributed by atoms with Gasteiger partial charge >= 0.3 is 6.18 Å². The van der Waals surface area contributed by atoms with Crippen molar-refractivity contribution in [2.24, 2.45) is 11.3 Å². The smallest absolute Gasteiger partial charge is 0.394 e. The fraction of sp³-hybridized carbons (Fsp3) is 0.613. The molecule has 1 N–H and O–H groups in total. The number of hydrogen-bond acceptors (Lipinski definition) is 8. The Bertz CT molecular complexity index is 1320. The Morgan fingerprint density at radius 2 is 1.86 bits per heavy atom. The Morgan fingerprint density at radius 3 is 2.43 bits per heavy atom. The summed E-state index contributed by atoms with van der Waals surface area (Å²) in [5.41, 5.74) is 0.0395. The summed E-state index contributed by atoms with van der Waals surface area (Å²) in [4.78, 5) is 39.8. The topological polar surface area (TPSA) is 114 Å². The van der Waals surface area contributed by atoms with E-state index in [0.717, 1.165) is 17.9 Å². The molecule has 13 heteroatoms. The summed E-state index contributed by atoms with van der Waals surface area (Å²) < 4.78 is 49.9. The average Bonchev–Trinajstić information content (AvgIpc) is 3.35. The summed E-state index contributed by atoms with van der Waals surface area (Å²) in [6.07, 6.45) is -3.83. The van der Waals surface area contributed by atoms with E-state index >= 15 is 0 Å². The lowest BCUT2D eigenvalue weighted by molar-refractivity contribution is -0.278. The predicted molar refractivity (Wildman–Crippen MR) is 158 cm³/mol. The Balaban J connectivity index is 1.85. The van der Waals surface area contributed by atoms with Crippen LogP contribution in [0.3, 0.4) is 0 Å². The summed E-state index contributed by atoms with van der Waals surface area (Å²) >= 11 is 0. The third-order valence-electron chi connectivity index (χ3n) is 8.47. The Hall–Kier alpha value is -3.61. The molecule has 0 aliphatic carbocycles. The maximum atomic E-state index is 14.7. The number of carboxylic acid groups (broad SMARTS) is 1. The lowest BCUT2D eigenvalue weighted by Crippen LogP contribution is -2.69. The molecule has 2 saturated heterocycles. The van der Waals surface area contributed by atoms with Gasteiger partial charge in [0.15, 0.2) is 5.69 Å². The van der Waals surface area contributed by atoms with Crippen LogP contribution in [0.4, 0.5) is 23.7 Å². The number of likely N-dealkylation sites (tertiary alicyclic amines) is 1. The first-order valence-corrected chi connectivity index (χ1v) is 15.1. The van der Waals surface area contributed by atoms with Crippen LogP contribution in [-0.2, 0) is 0 Å². The Labute approximate surface area is 256 Å². The average molecular weight is 620 g/mol. The van der Waals surface area contributed by atoms with E-state index in [1.54, 1.807) is 42.3 Å². The number of pyridine rings is 2. The Kier molecular flexibility index (Phi) is 9.96. The lowest BCUT2D eigenvalue weighted by atomic mass is 9.71. The summed E-state index contributed by atoms with van der Waals surface area (Å²) in [5, 5.41) is 15.3. The number of rotatable bonds is 8. The van der Waals surface area contributed by atoms with Crippen molar-refractivity contribution in [3.63, 3.8) is 0 Å². The highest BCUT2D eigenvalue weighted by Gasteiger charge is 2.56. The van der Waals surface area contributed by atoms with Gasteiger partial charge in [0.1, 0.15) is 6.09 Å². The zero-order chi connectivity index (χ0) is 32.4. The second-order valence-electron chi connectivity index (χ2n) is 12.6. The summed E-state index contributed by atoms with van der Waals surface area (Å²) in [7, 11) is 1.96. The number of nitrogens with one attached hydrogen (secondary N) is 1. The number of carbonyl (C=O) groups excluding carboxylic acids is 2. The van der Waals surface area contributed by atoms with Crippen molar-refractivity contribution < 1.29 is 32.6 Å². The van der Waals surface area contributed by atoms with Crippen molar-refractivity contribution in [3.05, 3.63) is 36.2 Å². The number of amides is 2. The SMILES string of the molecule is CCOc1ncccc1-c1ccc(N2CCN(C(=O)[O-])[C@H](C(C(C)(C)C)C(F)(F)F)[C@H]2CC)c(C(=O)N[C@@H]2CCN(C)C2)n1. The lowest BCUT2D eigenvalue weighted by Gasteiger charge is -2.54. The highest BCUT2D eigenvalue weighted by molar-refractivity contribution is 5.99.